The van der Waals surface area contributed by atoms with Crippen LogP contribution in [0.2, 0.25) is 5.02 Å². The van der Waals surface area contributed by atoms with Gasteiger partial charge in [0, 0.05) is 22.2 Å². The van der Waals surface area contributed by atoms with Crippen LogP contribution in [0.1, 0.15) is 16.3 Å². The maximum atomic E-state index is 9.75. The molecular weight excluding hydrogens is 282 g/mol. The van der Waals surface area contributed by atoms with Gasteiger partial charge in [-0.1, -0.05) is 23.7 Å². The molecule has 0 saturated heterocycles. The molecular formula is C14H16ClNO2S. The van der Waals surface area contributed by atoms with Crippen LogP contribution in [-0.4, -0.2) is 28.4 Å². The molecule has 0 atom stereocenters. The molecule has 0 aliphatic rings. The summed E-state index contributed by atoms with van der Waals surface area (Å²) in [4.78, 5) is 4.40. The summed E-state index contributed by atoms with van der Waals surface area (Å²) in [7, 11) is 0. The third-order valence-electron chi connectivity index (χ3n) is 3.25. The van der Waals surface area contributed by atoms with Gasteiger partial charge >= 0.3 is 0 Å². The lowest BCUT2D eigenvalue weighted by atomic mass is 9.78. The predicted molar refractivity (Wildman–Crippen MR) is 77.9 cm³/mol. The van der Waals surface area contributed by atoms with Gasteiger partial charge in [-0.2, -0.15) is 0 Å². The highest BCUT2D eigenvalue weighted by atomic mass is 35.5. The van der Waals surface area contributed by atoms with Gasteiger partial charge in [-0.3, -0.25) is 0 Å². The summed E-state index contributed by atoms with van der Waals surface area (Å²) in [5, 5.41) is 23.1. The Labute approximate surface area is 121 Å². The lowest BCUT2D eigenvalue weighted by molar-refractivity contribution is 0.115. The van der Waals surface area contributed by atoms with Crippen molar-refractivity contribution in [2.24, 2.45) is 0 Å². The SMILES string of the molecule is Cc1nc(CC(CO)(CO)c2ccc(Cl)cc2)cs1. The van der Waals surface area contributed by atoms with Crippen LogP contribution in [0.3, 0.4) is 0 Å². The molecule has 0 bridgehead atoms. The maximum Gasteiger partial charge on any atom is 0.0897 e. The van der Waals surface area contributed by atoms with E-state index < -0.39 is 5.41 Å². The minimum Gasteiger partial charge on any atom is -0.395 e. The number of aromatic nitrogens is 1. The largest absolute Gasteiger partial charge is 0.395 e. The Morgan fingerprint density at radius 3 is 2.32 bits per heavy atom. The first kappa shape index (κ1) is 14.5. The van der Waals surface area contributed by atoms with E-state index in [2.05, 4.69) is 4.98 Å². The average molecular weight is 298 g/mol. The number of halogens is 1. The van der Waals surface area contributed by atoms with E-state index in [1.165, 1.54) is 0 Å². The van der Waals surface area contributed by atoms with E-state index in [1.807, 2.05) is 24.4 Å². The zero-order chi connectivity index (χ0) is 13.9. The van der Waals surface area contributed by atoms with Gasteiger partial charge in [0.1, 0.15) is 0 Å². The van der Waals surface area contributed by atoms with E-state index in [9.17, 15) is 10.2 Å². The van der Waals surface area contributed by atoms with Crippen LogP contribution in [0.15, 0.2) is 29.6 Å². The minimum atomic E-state index is -0.717. The third kappa shape index (κ3) is 3.15. The molecule has 0 saturated carbocycles. The van der Waals surface area contributed by atoms with E-state index in [0.717, 1.165) is 16.3 Å². The lowest BCUT2D eigenvalue weighted by Gasteiger charge is -2.29. The molecule has 19 heavy (non-hydrogen) atoms. The van der Waals surface area contributed by atoms with E-state index in [-0.39, 0.29) is 13.2 Å². The number of benzene rings is 1. The monoisotopic (exact) mass is 297 g/mol. The number of aliphatic hydroxyl groups is 2. The summed E-state index contributed by atoms with van der Waals surface area (Å²) < 4.78 is 0. The highest BCUT2D eigenvalue weighted by molar-refractivity contribution is 7.09. The van der Waals surface area contributed by atoms with Gasteiger partial charge in [-0.05, 0) is 24.6 Å². The van der Waals surface area contributed by atoms with Crippen molar-refractivity contribution in [3.05, 3.63) is 50.9 Å². The lowest BCUT2D eigenvalue weighted by Crippen LogP contribution is -2.37. The molecule has 1 aromatic heterocycles. The van der Waals surface area contributed by atoms with Crippen molar-refractivity contribution in [3.8, 4) is 0 Å². The van der Waals surface area contributed by atoms with E-state index in [0.29, 0.717) is 11.4 Å². The smallest absolute Gasteiger partial charge is 0.0897 e. The molecule has 1 aromatic carbocycles. The van der Waals surface area contributed by atoms with E-state index in [1.54, 1.807) is 23.5 Å². The Hall–Kier alpha value is -0.940. The Morgan fingerprint density at radius 2 is 1.84 bits per heavy atom. The van der Waals surface area contributed by atoms with Crippen molar-refractivity contribution >= 4 is 22.9 Å². The van der Waals surface area contributed by atoms with Crippen LogP contribution < -0.4 is 0 Å². The quantitative estimate of drug-likeness (QED) is 0.892. The molecule has 0 spiro atoms. The molecule has 0 amide bonds. The van der Waals surface area contributed by atoms with Gasteiger partial charge in [-0.25, -0.2) is 4.98 Å². The molecule has 102 valence electrons. The van der Waals surface area contributed by atoms with Crippen molar-refractivity contribution in [1.29, 1.82) is 0 Å². The zero-order valence-corrected chi connectivity index (χ0v) is 12.2. The van der Waals surface area contributed by atoms with Crippen molar-refractivity contribution in [2.75, 3.05) is 13.2 Å². The molecule has 2 rings (SSSR count). The van der Waals surface area contributed by atoms with Crippen molar-refractivity contribution in [1.82, 2.24) is 4.98 Å². The summed E-state index contributed by atoms with van der Waals surface area (Å²) >= 11 is 7.44. The molecule has 0 aliphatic heterocycles. The number of nitrogens with zero attached hydrogens (tertiary/aromatic N) is 1. The molecule has 0 unspecified atom stereocenters. The molecule has 1 heterocycles. The Bertz CT molecular complexity index is 535. The Balaban J connectivity index is 2.33. The van der Waals surface area contributed by atoms with Gasteiger partial charge in [0.2, 0.25) is 0 Å². The van der Waals surface area contributed by atoms with Crippen LogP contribution in [0.5, 0.6) is 0 Å². The van der Waals surface area contributed by atoms with Crippen molar-refractivity contribution in [2.45, 2.75) is 18.8 Å². The minimum absolute atomic E-state index is 0.137. The second kappa shape index (κ2) is 6.01. The van der Waals surface area contributed by atoms with Gasteiger partial charge in [-0.15, -0.1) is 11.3 Å². The van der Waals surface area contributed by atoms with E-state index >= 15 is 0 Å². The summed E-state index contributed by atoms with van der Waals surface area (Å²) in [6.07, 6.45) is 0.506. The standard InChI is InChI=1S/C14H16ClNO2S/c1-10-16-13(7-19-10)6-14(8-17,9-18)11-2-4-12(15)5-3-11/h2-5,7,17-18H,6,8-9H2,1H3. The summed E-state index contributed by atoms with van der Waals surface area (Å²) in [5.41, 5.74) is 1.04. The second-order valence-electron chi connectivity index (χ2n) is 4.64. The fraction of sp³-hybridized carbons (Fsp3) is 0.357. The number of hydrogen-bond acceptors (Lipinski definition) is 4. The normalized spacial score (nSPS) is 11.8. The van der Waals surface area contributed by atoms with Crippen LogP contribution in [-0.2, 0) is 11.8 Å². The Morgan fingerprint density at radius 1 is 1.21 bits per heavy atom. The second-order valence-corrected chi connectivity index (χ2v) is 6.14. The molecule has 3 nitrogen and oxygen atoms in total. The molecule has 0 radical (unpaired) electrons. The molecule has 2 aromatic rings. The fourth-order valence-electron chi connectivity index (χ4n) is 2.09. The first-order valence-electron chi connectivity index (χ1n) is 5.98. The number of rotatable bonds is 5. The summed E-state index contributed by atoms with van der Waals surface area (Å²) in [6.45, 7) is 1.67. The van der Waals surface area contributed by atoms with E-state index in [4.69, 9.17) is 11.6 Å². The van der Waals surface area contributed by atoms with Crippen molar-refractivity contribution < 1.29 is 10.2 Å². The Kier molecular flexibility index (Phi) is 4.58. The summed E-state index contributed by atoms with van der Waals surface area (Å²) in [5.74, 6) is 0. The maximum absolute atomic E-state index is 9.75. The number of hydrogen-bond donors (Lipinski definition) is 2. The van der Waals surface area contributed by atoms with Gasteiger partial charge in [0.05, 0.1) is 23.9 Å². The zero-order valence-electron chi connectivity index (χ0n) is 10.6. The van der Waals surface area contributed by atoms with Gasteiger partial charge in [0.25, 0.3) is 0 Å². The van der Waals surface area contributed by atoms with Gasteiger partial charge < -0.3 is 10.2 Å². The highest BCUT2D eigenvalue weighted by Gasteiger charge is 2.32. The topological polar surface area (TPSA) is 53.4 Å². The molecule has 0 aliphatic carbocycles. The number of aliphatic hydroxyl groups excluding tert-OH is 2. The van der Waals surface area contributed by atoms with Gasteiger partial charge in [0.15, 0.2) is 0 Å². The highest BCUT2D eigenvalue weighted by Crippen LogP contribution is 2.29. The molecule has 2 N–H and O–H groups in total. The van der Waals surface area contributed by atoms with Crippen LogP contribution in [0.25, 0.3) is 0 Å². The first-order chi connectivity index (χ1) is 9.09. The fourth-order valence-corrected chi connectivity index (χ4v) is 2.82. The predicted octanol–water partition coefficient (Wildman–Crippen LogP) is 2.57. The average Bonchev–Trinajstić information content (AvgIpc) is 2.82. The van der Waals surface area contributed by atoms with Crippen LogP contribution in [0, 0.1) is 6.92 Å². The summed E-state index contributed by atoms with van der Waals surface area (Å²) in [6, 6.07) is 7.22. The van der Waals surface area contributed by atoms with Crippen molar-refractivity contribution in [3.63, 3.8) is 0 Å². The molecule has 5 heteroatoms. The first-order valence-corrected chi connectivity index (χ1v) is 7.24. The van der Waals surface area contributed by atoms with Crippen LogP contribution >= 0.6 is 22.9 Å². The van der Waals surface area contributed by atoms with Crippen LogP contribution in [0.4, 0.5) is 0 Å². The molecule has 0 fully saturated rings. The third-order valence-corrected chi connectivity index (χ3v) is 4.32. The number of aryl methyl sites for hydroxylation is 1. The number of thiazole rings is 1.